The van der Waals surface area contributed by atoms with E-state index in [9.17, 15) is 9.59 Å². The van der Waals surface area contributed by atoms with Gasteiger partial charge in [-0.25, -0.2) is 4.79 Å². The molecule has 1 aliphatic rings. The molecule has 0 unspecified atom stereocenters. The summed E-state index contributed by atoms with van der Waals surface area (Å²) in [6.07, 6.45) is 0.763. The molecule has 0 fully saturated rings. The first-order valence-corrected chi connectivity index (χ1v) is 5.85. The second-order valence-corrected chi connectivity index (χ2v) is 4.25. The highest BCUT2D eigenvalue weighted by Crippen LogP contribution is 2.32. The van der Waals surface area contributed by atoms with Crippen molar-refractivity contribution in [1.29, 1.82) is 0 Å². The summed E-state index contributed by atoms with van der Waals surface area (Å²) in [5.74, 6) is -0.145. The van der Waals surface area contributed by atoms with Gasteiger partial charge in [-0.1, -0.05) is 0 Å². The van der Waals surface area contributed by atoms with Gasteiger partial charge in [-0.15, -0.1) is 0 Å². The van der Waals surface area contributed by atoms with Gasteiger partial charge in [-0.2, -0.15) is 0 Å². The summed E-state index contributed by atoms with van der Waals surface area (Å²) in [6, 6.07) is 4.25. The van der Waals surface area contributed by atoms with E-state index in [2.05, 4.69) is 4.98 Å². The van der Waals surface area contributed by atoms with Crippen LogP contribution in [0.3, 0.4) is 0 Å². The quantitative estimate of drug-likeness (QED) is 0.809. The third-order valence-corrected chi connectivity index (χ3v) is 2.93. The number of pyridine rings is 1. The van der Waals surface area contributed by atoms with Crippen molar-refractivity contribution < 1.29 is 19.4 Å². The molecule has 0 saturated carbocycles. The molecule has 0 radical (unpaired) electrons. The molecule has 3 rings (SSSR count). The Labute approximate surface area is 107 Å². The Bertz CT molecular complexity index is 719. The van der Waals surface area contributed by atoms with Crippen molar-refractivity contribution in [1.82, 2.24) is 4.98 Å². The van der Waals surface area contributed by atoms with Crippen LogP contribution in [0.15, 0.2) is 23.0 Å². The molecule has 2 N–H and O–H groups in total. The SMILES string of the molecule is O=C(O)c1cc(=O)c2cc3c(cc2[nH]1)OCCCO3. The number of carbonyl (C=O) groups is 1. The number of hydrogen-bond acceptors (Lipinski definition) is 4. The molecule has 98 valence electrons. The van der Waals surface area contributed by atoms with Crippen LogP contribution >= 0.6 is 0 Å². The van der Waals surface area contributed by atoms with Crippen LogP contribution in [0.4, 0.5) is 0 Å². The number of hydrogen-bond donors (Lipinski definition) is 2. The molecule has 1 aromatic heterocycles. The fourth-order valence-corrected chi connectivity index (χ4v) is 2.02. The van der Waals surface area contributed by atoms with E-state index < -0.39 is 5.97 Å². The van der Waals surface area contributed by atoms with E-state index in [1.165, 1.54) is 0 Å². The summed E-state index contributed by atoms with van der Waals surface area (Å²) in [7, 11) is 0. The van der Waals surface area contributed by atoms with Crippen LogP contribution in [0.25, 0.3) is 10.9 Å². The van der Waals surface area contributed by atoms with Crippen molar-refractivity contribution in [2.24, 2.45) is 0 Å². The maximum absolute atomic E-state index is 11.9. The molecule has 0 amide bonds. The summed E-state index contributed by atoms with van der Waals surface area (Å²) in [6.45, 7) is 1.06. The number of aromatic carboxylic acids is 1. The van der Waals surface area contributed by atoms with Crippen molar-refractivity contribution in [2.75, 3.05) is 13.2 Å². The highest BCUT2D eigenvalue weighted by Gasteiger charge is 2.15. The van der Waals surface area contributed by atoms with E-state index in [1.54, 1.807) is 12.1 Å². The lowest BCUT2D eigenvalue weighted by Crippen LogP contribution is -2.09. The fourth-order valence-electron chi connectivity index (χ4n) is 2.02. The first-order chi connectivity index (χ1) is 9.15. The highest BCUT2D eigenvalue weighted by molar-refractivity contribution is 5.90. The minimum atomic E-state index is -1.17. The topological polar surface area (TPSA) is 88.6 Å². The number of benzene rings is 1. The normalized spacial score (nSPS) is 14.1. The lowest BCUT2D eigenvalue weighted by Gasteiger charge is -2.09. The molecular weight excluding hydrogens is 250 g/mol. The largest absolute Gasteiger partial charge is 0.490 e. The van der Waals surface area contributed by atoms with Crippen molar-refractivity contribution in [3.05, 3.63) is 34.1 Å². The third-order valence-electron chi connectivity index (χ3n) is 2.93. The average molecular weight is 261 g/mol. The molecule has 6 nitrogen and oxygen atoms in total. The summed E-state index contributed by atoms with van der Waals surface area (Å²) < 4.78 is 11.0. The number of carboxylic acid groups (broad SMARTS) is 1. The highest BCUT2D eigenvalue weighted by atomic mass is 16.5. The van der Waals surface area contributed by atoms with Crippen molar-refractivity contribution in [2.45, 2.75) is 6.42 Å². The Kier molecular flexibility index (Phi) is 2.63. The van der Waals surface area contributed by atoms with Gasteiger partial charge in [0.05, 0.1) is 18.7 Å². The van der Waals surface area contributed by atoms with Crippen LogP contribution in [0, 0.1) is 0 Å². The van der Waals surface area contributed by atoms with Gasteiger partial charge in [0, 0.05) is 23.9 Å². The van der Waals surface area contributed by atoms with Gasteiger partial charge in [0.25, 0.3) is 0 Å². The molecule has 6 heteroatoms. The number of aromatic amines is 1. The van der Waals surface area contributed by atoms with Gasteiger partial charge in [-0.3, -0.25) is 4.79 Å². The number of nitrogens with one attached hydrogen (secondary N) is 1. The van der Waals surface area contributed by atoms with Gasteiger partial charge in [0.2, 0.25) is 0 Å². The van der Waals surface area contributed by atoms with Crippen molar-refractivity contribution in [3.8, 4) is 11.5 Å². The molecule has 0 saturated heterocycles. The lowest BCUT2D eigenvalue weighted by atomic mass is 10.1. The zero-order chi connectivity index (χ0) is 13.4. The van der Waals surface area contributed by atoms with Gasteiger partial charge < -0.3 is 19.6 Å². The van der Waals surface area contributed by atoms with Crippen molar-refractivity contribution in [3.63, 3.8) is 0 Å². The van der Waals surface area contributed by atoms with Gasteiger partial charge >= 0.3 is 5.97 Å². The second-order valence-electron chi connectivity index (χ2n) is 4.25. The number of ether oxygens (including phenoxy) is 2. The van der Waals surface area contributed by atoms with E-state index in [1.807, 2.05) is 0 Å². The molecular formula is C13H11NO5. The van der Waals surface area contributed by atoms with Gasteiger partial charge in [0.1, 0.15) is 5.69 Å². The first-order valence-electron chi connectivity index (χ1n) is 5.85. The number of fused-ring (bicyclic) bond motifs is 2. The molecule has 2 heterocycles. The Morgan fingerprint density at radius 2 is 1.84 bits per heavy atom. The number of rotatable bonds is 1. The Balaban J connectivity index is 2.26. The van der Waals surface area contributed by atoms with E-state index in [0.717, 1.165) is 12.5 Å². The summed E-state index contributed by atoms with van der Waals surface area (Å²) in [5, 5.41) is 9.31. The van der Waals surface area contributed by atoms with Crippen molar-refractivity contribution >= 4 is 16.9 Å². The second kappa shape index (κ2) is 4.31. The van der Waals surface area contributed by atoms with Crippen LogP contribution in [-0.2, 0) is 0 Å². The number of aromatic nitrogens is 1. The molecule has 1 aromatic carbocycles. The lowest BCUT2D eigenvalue weighted by molar-refractivity contribution is 0.0691. The van der Waals surface area contributed by atoms with Crippen LogP contribution < -0.4 is 14.9 Å². The van der Waals surface area contributed by atoms with Crippen LogP contribution in [0.2, 0.25) is 0 Å². The van der Waals surface area contributed by atoms with E-state index in [-0.39, 0.29) is 11.1 Å². The predicted molar refractivity (Wildman–Crippen MR) is 67.1 cm³/mol. The van der Waals surface area contributed by atoms with Crippen LogP contribution in [0.5, 0.6) is 11.5 Å². The fraction of sp³-hybridized carbons (Fsp3) is 0.231. The van der Waals surface area contributed by atoms with Gasteiger partial charge in [-0.05, 0) is 6.07 Å². The van der Waals surface area contributed by atoms with Crippen LogP contribution in [0.1, 0.15) is 16.9 Å². The first kappa shape index (κ1) is 11.6. The minimum Gasteiger partial charge on any atom is -0.490 e. The molecule has 19 heavy (non-hydrogen) atoms. The zero-order valence-electron chi connectivity index (χ0n) is 9.93. The standard InChI is InChI=1S/C13H11NO5/c15-10-5-9(13(16)17)14-8-6-12-11(4-7(8)10)18-2-1-3-19-12/h4-6H,1-3H2,(H,14,15)(H,16,17). The van der Waals surface area contributed by atoms with E-state index >= 15 is 0 Å². The molecule has 0 atom stereocenters. The van der Waals surface area contributed by atoms with E-state index in [4.69, 9.17) is 14.6 Å². The number of carboxylic acids is 1. The maximum atomic E-state index is 11.9. The monoisotopic (exact) mass is 261 g/mol. The predicted octanol–water partition coefficient (Wildman–Crippen LogP) is 1.39. The Morgan fingerprint density at radius 3 is 2.53 bits per heavy atom. The maximum Gasteiger partial charge on any atom is 0.352 e. The Hall–Kier alpha value is -2.50. The third kappa shape index (κ3) is 2.01. The molecule has 0 bridgehead atoms. The molecule has 2 aromatic rings. The summed E-state index contributed by atoms with van der Waals surface area (Å²) >= 11 is 0. The average Bonchev–Trinajstić information content (AvgIpc) is 2.61. The molecule has 0 aliphatic carbocycles. The molecule has 1 aliphatic heterocycles. The minimum absolute atomic E-state index is 0.146. The summed E-state index contributed by atoms with van der Waals surface area (Å²) in [5.41, 5.74) is -0.0806. The van der Waals surface area contributed by atoms with E-state index in [0.29, 0.717) is 35.6 Å². The summed E-state index contributed by atoms with van der Waals surface area (Å²) in [4.78, 5) is 25.5. The zero-order valence-corrected chi connectivity index (χ0v) is 9.93. The Morgan fingerprint density at radius 1 is 1.16 bits per heavy atom. The number of H-pyrrole nitrogens is 1. The van der Waals surface area contributed by atoms with Crippen LogP contribution in [-0.4, -0.2) is 29.3 Å². The molecule has 0 spiro atoms. The van der Waals surface area contributed by atoms with Gasteiger partial charge in [0.15, 0.2) is 16.9 Å². The smallest absolute Gasteiger partial charge is 0.352 e.